The Morgan fingerprint density at radius 1 is 1.17 bits per heavy atom. The minimum atomic E-state index is -4.77. The van der Waals surface area contributed by atoms with E-state index in [1.54, 1.807) is 6.20 Å². The maximum atomic E-state index is 12.4. The van der Waals surface area contributed by atoms with E-state index < -0.39 is 6.36 Å². The topological polar surface area (TPSA) is 85.3 Å². The molecule has 3 heterocycles. The predicted molar refractivity (Wildman–Crippen MR) is 102 cm³/mol. The van der Waals surface area contributed by atoms with Crippen molar-refractivity contribution in [2.24, 2.45) is 0 Å². The van der Waals surface area contributed by atoms with Crippen LogP contribution in [-0.2, 0) is 4.74 Å². The molecule has 1 N–H and O–H groups in total. The minimum absolute atomic E-state index is 0.365. The van der Waals surface area contributed by atoms with Crippen LogP contribution in [0.1, 0.15) is 5.69 Å². The van der Waals surface area contributed by atoms with Crippen LogP contribution < -0.4 is 15.2 Å². The van der Waals surface area contributed by atoms with Crippen LogP contribution in [0.2, 0.25) is 0 Å². The van der Waals surface area contributed by atoms with E-state index in [1.807, 2.05) is 11.8 Å². The van der Waals surface area contributed by atoms with Gasteiger partial charge in [0.15, 0.2) is 0 Å². The van der Waals surface area contributed by atoms with Crippen molar-refractivity contribution in [1.29, 1.82) is 0 Å². The average molecular weight is 421 g/mol. The summed E-state index contributed by atoms with van der Waals surface area (Å²) in [6.45, 7) is 4.47. The summed E-state index contributed by atoms with van der Waals surface area (Å²) in [4.78, 5) is 23.4. The van der Waals surface area contributed by atoms with Gasteiger partial charge in [-0.3, -0.25) is 9.89 Å². The second kappa shape index (κ2) is 7.82. The monoisotopic (exact) mass is 421 g/mol. The van der Waals surface area contributed by atoms with Crippen molar-refractivity contribution >= 4 is 5.95 Å². The first-order valence-corrected chi connectivity index (χ1v) is 9.15. The summed E-state index contributed by atoms with van der Waals surface area (Å²) in [5.74, 6) is 0.232. The number of H-pyrrole nitrogens is 1. The molecule has 0 aliphatic carbocycles. The zero-order chi connectivity index (χ0) is 21.3. The lowest BCUT2D eigenvalue weighted by Crippen LogP contribution is -2.37. The number of nitrogens with zero attached hydrogens (tertiary/aromatic N) is 4. The Kier molecular flexibility index (Phi) is 5.20. The van der Waals surface area contributed by atoms with Crippen LogP contribution in [0.3, 0.4) is 0 Å². The molecule has 0 unspecified atom stereocenters. The first-order chi connectivity index (χ1) is 14.3. The molecule has 0 radical (unpaired) electrons. The van der Waals surface area contributed by atoms with Crippen LogP contribution in [0.25, 0.3) is 16.9 Å². The highest BCUT2D eigenvalue weighted by Crippen LogP contribution is 2.24. The molecule has 1 aliphatic rings. The number of aryl methyl sites for hydroxylation is 1. The molecule has 0 amide bonds. The van der Waals surface area contributed by atoms with E-state index >= 15 is 0 Å². The lowest BCUT2D eigenvalue weighted by atomic mass is 10.2. The van der Waals surface area contributed by atoms with E-state index in [9.17, 15) is 18.0 Å². The second-order valence-electron chi connectivity index (χ2n) is 6.65. The van der Waals surface area contributed by atoms with Crippen molar-refractivity contribution in [1.82, 2.24) is 19.7 Å². The number of hydrogen-bond donors (Lipinski definition) is 1. The van der Waals surface area contributed by atoms with Gasteiger partial charge < -0.3 is 14.4 Å². The molecule has 11 heteroatoms. The fourth-order valence-corrected chi connectivity index (χ4v) is 3.16. The Bertz CT molecular complexity index is 1090. The minimum Gasteiger partial charge on any atom is -0.406 e. The Balaban J connectivity index is 1.59. The fourth-order valence-electron chi connectivity index (χ4n) is 3.16. The van der Waals surface area contributed by atoms with E-state index in [4.69, 9.17) is 4.74 Å². The second-order valence-corrected chi connectivity index (χ2v) is 6.65. The standard InChI is InChI=1S/C19H18F3N5O3/c1-12-15(11-23-18(24-12)26-6-8-29-9-7-26)16-10-17(28)27(25-16)13-2-4-14(5-3-13)30-19(20,21)22/h2-5,10-11,25H,6-9H2,1H3. The summed E-state index contributed by atoms with van der Waals surface area (Å²) in [7, 11) is 0. The van der Waals surface area contributed by atoms with Crippen LogP contribution in [0.5, 0.6) is 5.75 Å². The van der Waals surface area contributed by atoms with Crippen LogP contribution in [0, 0.1) is 6.92 Å². The highest BCUT2D eigenvalue weighted by Gasteiger charge is 2.31. The zero-order valence-electron chi connectivity index (χ0n) is 15.9. The summed E-state index contributed by atoms with van der Waals surface area (Å²) in [6, 6.07) is 6.38. The van der Waals surface area contributed by atoms with E-state index in [2.05, 4.69) is 19.8 Å². The van der Waals surface area contributed by atoms with Gasteiger partial charge in [0.2, 0.25) is 5.95 Å². The van der Waals surface area contributed by atoms with Crippen LogP contribution >= 0.6 is 0 Å². The summed E-state index contributed by atoms with van der Waals surface area (Å²) in [6.07, 6.45) is -3.13. The van der Waals surface area contributed by atoms with Crippen molar-refractivity contribution in [2.75, 3.05) is 31.2 Å². The Morgan fingerprint density at radius 3 is 2.50 bits per heavy atom. The molecule has 3 aromatic rings. The molecular weight excluding hydrogens is 403 g/mol. The lowest BCUT2D eigenvalue weighted by molar-refractivity contribution is -0.274. The van der Waals surface area contributed by atoms with Crippen molar-refractivity contribution in [3.05, 3.63) is 52.6 Å². The number of nitrogens with one attached hydrogen (secondary N) is 1. The molecular formula is C19H18F3N5O3. The van der Waals surface area contributed by atoms with E-state index in [-0.39, 0.29) is 11.3 Å². The summed E-state index contributed by atoms with van der Waals surface area (Å²) in [5.41, 5.74) is 1.84. The Hall–Kier alpha value is -3.34. The third-order valence-electron chi connectivity index (χ3n) is 4.60. The molecule has 0 atom stereocenters. The van der Waals surface area contributed by atoms with Gasteiger partial charge in [-0.25, -0.2) is 14.6 Å². The molecule has 2 aromatic heterocycles. The molecule has 4 rings (SSSR count). The van der Waals surface area contributed by atoms with Gasteiger partial charge in [0.25, 0.3) is 5.56 Å². The summed E-state index contributed by atoms with van der Waals surface area (Å²) < 4.78 is 47.3. The number of aromatic amines is 1. The van der Waals surface area contributed by atoms with Gasteiger partial charge in [-0.1, -0.05) is 0 Å². The third-order valence-corrected chi connectivity index (χ3v) is 4.60. The molecule has 1 fully saturated rings. The SMILES string of the molecule is Cc1nc(N2CCOCC2)ncc1-c1cc(=O)n(-c2ccc(OC(F)(F)F)cc2)[nH]1. The van der Waals surface area contributed by atoms with Gasteiger partial charge in [0.05, 0.1) is 30.3 Å². The van der Waals surface area contributed by atoms with Gasteiger partial charge in [0.1, 0.15) is 5.75 Å². The van der Waals surface area contributed by atoms with Crippen molar-refractivity contribution < 1.29 is 22.6 Å². The summed E-state index contributed by atoms with van der Waals surface area (Å²) >= 11 is 0. The number of alkyl halides is 3. The largest absolute Gasteiger partial charge is 0.573 e. The van der Waals surface area contributed by atoms with Gasteiger partial charge in [0, 0.05) is 30.9 Å². The molecule has 0 spiro atoms. The number of morpholine rings is 1. The molecule has 1 aromatic carbocycles. The van der Waals surface area contributed by atoms with E-state index in [0.29, 0.717) is 54.9 Å². The fraction of sp³-hybridized carbons (Fsp3) is 0.316. The normalized spacial score (nSPS) is 14.7. The third kappa shape index (κ3) is 4.30. The van der Waals surface area contributed by atoms with E-state index in [1.165, 1.54) is 22.9 Å². The molecule has 0 bridgehead atoms. The molecule has 0 saturated carbocycles. The zero-order valence-corrected chi connectivity index (χ0v) is 15.9. The number of ether oxygens (including phenoxy) is 2. The molecule has 30 heavy (non-hydrogen) atoms. The molecule has 1 saturated heterocycles. The van der Waals surface area contributed by atoms with Crippen molar-refractivity contribution in [3.8, 4) is 22.7 Å². The average Bonchev–Trinajstić information content (AvgIpc) is 3.09. The summed E-state index contributed by atoms with van der Waals surface area (Å²) in [5, 5.41) is 2.95. The van der Waals surface area contributed by atoms with Crippen LogP contribution in [0.15, 0.2) is 41.3 Å². The van der Waals surface area contributed by atoms with Crippen molar-refractivity contribution in [3.63, 3.8) is 0 Å². The maximum Gasteiger partial charge on any atom is 0.573 e. The number of aromatic nitrogens is 4. The van der Waals surface area contributed by atoms with E-state index in [0.717, 1.165) is 12.1 Å². The van der Waals surface area contributed by atoms with Gasteiger partial charge in [-0.15, -0.1) is 13.2 Å². The highest BCUT2D eigenvalue weighted by atomic mass is 19.4. The Labute approximate surface area is 168 Å². The predicted octanol–water partition coefficient (Wildman–Crippen LogP) is 2.67. The number of halogens is 3. The molecule has 8 nitrogen and oxygen atoms in total. The smallest absolute Gasteiger partial charge is 0.406 e. The van der Waals surface area contributed by atoms with Gasteiger partial charge in [-0.2, -0.15) is 0 Å². The number of benzene rings is 1. The maximum absolute atomic E-state index is 12.4. The highest BCUT2D eigenvalue weighted by molar-refractivity contribution is 5.61. The first kappa shape index (κ1) is 20.0. The Morgan fingerprint density at radius 2 is 1.87 bits per heavy atom. The first-order valence-electron chi connectivity index (χ1n) is 9.15. The quantitative estimate of drug-likeness (QED) is 0.697. The van der Waals surface area contributed by atoms with Crippen molar-refractivity contribution in [2.45, 2.75) is 13.3 Å². The number of hydrogen-bond acceptors (Lipinski definition) is 6. The molecule has 1 aliphatic heterocycles. The number of rotatable bonds is 4. The number of anilines is 1. The van der Waals surface area contributed by atoms with Gasteiger partial charge in [-0.05, 0) is 31.2 Å². The van der Waals surface area contributed by atoms with Gasteiger partial charge >= 0.3 is 6.36 Å². The lowest BCUT2D eigenvalue weighted by Gasteiger charge is -2.27. The van der Waals surface area contributed by atoms with Crippen LogP contribution in [-0.4, -0.2) is 52.4 Å². The van der Waals surface area contributed by atoms with Crippen LogP contribution in [0.4, 0.5) is 19.1 Å². The molecule has 158 valence electrons.